The fourth-order valence-electron chi connectivity index (χ4n) is 15.3. The third-order valence-corrected chi connectivity index (χ3v) is 19.1. The maximum absolute atomic E-state index is 7.54. The molecule has 3 aromatic heterocycles. The van der Waals surface area contributed by atoms with Crippen molar-refractivity contribution in [2.75, 3.05) is 9.80 Å². The minimum atomic E-state index is -0.355. The monoisotopic (exact) mass is 1140 g/mol. The van der Waals surface area contributed by atoms with E-state index in [0.717, 1.165) is 139 Å². The van der Waals surface area contributed by atoms with Gasteiger partial charge in [0.2, 0.25) is 0 Å². The van der Waals surface area contributed by atoms with Crippen molar-refractivity contribution in [3.8, 4) is 55.9 Å². The number of nitrogens with zero attached hydrogens (tertiary/aromatic N) is 4. The highest BCUT2D eigenvalue weighted by Crippen LogP contribution is 2.54. The molecule has 0 saturated heterocycles. The Morgan fingerprint density at radius 3 is 1.06 bits per heavy atom. The summed E-state index contributed by atoms with van der Waals surface area (Å²) in [5.74, 6) is 0. The molecular formula is C84H53BN4O. The van der Waals surface area contributed by atoms with Gasteiger partial charge >= 0.3 is 0 Å². The van der Waals surface area contributed by atoms with Crippen LogP contribution in [0.4, 0.5) is 34.1 Å². The largest absolute Gasteiger partial charge is 0.454 e. The van der Waals surface area contributed by atoms with Gasteiger partial charge < -0.3 is 23.4 Å². The lowest BCUT2D eigenvalue weighted by molar-refractivity contribution is 0.669. The molecule has 0 saturated carbocycles. The van der Waals surface area contributed by atoms with Crippen LogP contribution in [-0.4, -0.2) is 15.8 Å². The molecule has 2 aliphatic rings. The molecule has 0 bridgehead atoms. The van der Waals surface area contributed by atoms with Gasteiger partial charge in [-0.1, -0.05) is 249 Å². The van der Waals surface area contributed by atoms with E-state index >= 15 is 0 Å². The predicted molar refractivity (Wildman–Crippen MR) is 378 cm³/mol. The van der Waals surface area contributed by atoms with Crippen LogP contribution < -0.4 is 26.2 Å². The van der Waals surface area contributed by atoms with Crippen LogP contribution in [0, 0.1) is 0 Å². The van der Waals surface area contributed by atoms with Gasteiger partial charge in [0.05, 0.1) is 50.5 Å². The molecule has 0 unspecified atom stereocenters. The van der Waals surface area contributed by atoms with Crippen molar-refractivity contribution >= 4 is 123 Å². The third-order valence-electron chi connectivity index (χ3n) is 19.1. The molecule has 418 valence electrons. The predicted octanol–water partition coefficient (Wildman–Crippen LogP) is 20.5. The van der Waals surface area contributed by atoms with Crippen molar-refractivity contribution in [1.29, 1.82) is 0 Å². The summed E-state index contributed by atoms with van der Waals surface area (Å²) in [6.45, 7) is -0.355. The second-order valence-corrected chi connectivity index (χ2v) is 23.8. The van der Waals surface area contributed by atoms with E-state index in [2.05, 4.69) is 340 Å². The Bertz CT molecular complexity index is 5520. The molecule has 19 rings (SSSR count). The van der Waals surface area contributed by atoms with Crippen molar-refractivity contribution < 1.29 is 4.42 Å². The molecule has 17 aromatic rings. The van der Waals surface area contributed by atoms with E-state index in [9.17, 15) is 0 Å². The molecule has 0 spiro atoms. The number of aromatic nitrogens is 2. The Kier molecular flexibility index (Phi) is 11.1. The summed E-state index contributed by atoms with van der Waals surface area (Å²) in [7, 11) is 0. The molecule has 90 heavy (non-hydrogen) atoms. The average Bonchev–Trinajstić information content (AvgIpc) is 1.08. The number of furan rings is 1. The van der Waals surface area contributed by atoms with Gasteiger partial charge in [0.15, 0.2) is 5.58 Å². The number of benzene rings is 14. The highest BCUT2D eigenvalue weighted by Gasteiger charge is 2.47. The molecule has 0 amide bonds. The Hall–Kier alpha value is -11.9. The maximum atomic E-state index is 7.54. The second kappa shape index (κ2) is 19.8. The van der Waals surface area contributed by atoms with Gasteiger partial charge in [-0.25, -0.2) is 0 Å². The van der Waals surface area contributed by atoms with E-state index in [1.54, 1.807) is 0 Å². The van der Waals surface area contributed by atoms with E-state index in [4.69, 9.17) is 4.42 Å². The quantitative estimate of drug-likeness (QED) is 0.142. The fraction of sp³-hybridized carbons (Fsp3) is 0. The Balaban J connectivity index is 1.04. The highest BCUT2D eigenvalue weighted by atomic mass is 16.3. The topological polar surface area (TPSA) is 29.5 Å². The van der Waals surface area contributed by atoms with Crippen LogP contribution in [0.5, 0.6) is 0 Å². The van der Waals surface area contributed by atoms with Crippen LogP contribution in [0.15, 0.2) is 326 Å². The number of hydrogen-bond donors (Lipinski definition) is 0. The Morgan fingerprint density at radius 1 is 0.244 bits per heavy atom. The van der Waals surface area contributed by atoms with Gasteiger partial charge in [-0.15, -0.1) is 0 Å². The van der Waals surface area contributed by atoms with E-state index in [1.807, 2.05) is 0 Å². The molecule has 0 N–H and O–H groups in total. The molecular weight excluding hydrogens is 1090 g/mol. The summed E-state index contributed by atoms with van der Waals surface area (Å²) in [6, 6.07) is 119. The van der Waals surface area contributed by atoms with Crippen molar-refractivity contribution in [3.63, 3.8) is 0 Å². The van der Waals surface area contributed by atoms with Crippen LogP contribution in [0.2, 0.25) is 0 Å². The first-order chi connectivity index (χ1) is 44.7. The van der Waals surface area contributed by atoms with Gasteiger partial charge in [0.1, 0.15) is 5.58 Å². The van der Waals surface area contributed by atoms with Crippen molar-refractivity contribution in [1.82, 2.24) is 9.13 Å². The van der Waals surface area contributed by atoms with E-state index in [-0.39, 0.29) is 6.71 Å². The standard InChI is InChI=1S/C84H53BN4O/c1-5-27-54(28-6-1)58-35-13-20-42-70(58)88-78-49-65(56-31-9-3-10-32-56)76(86-72-44-22-15-37-60(72)61-38-16-23-45-73(61)86)52-68(78)85-69-53-77(87-74-46-24-17-39-62(74)63-40-18-25-47-75(63)87)66(57-33-11-4-12-34-57)50-79(69)89(71-43-21-14-36-59(71)55-29-7-2-8-30-55)83-82(85)80(88)51-67-64-41-19-26-48-81(64)90-84(67)83/h1-53H. The fourth-order valence-corrected chi connectivity index (χ4v) is 15.3. The molecule has 2 aliphatic heterocycles. The Labute approximate surface area is 520 Å². The van der Waals surface area contributed by atoms with E-state index < -0.39 is 0 Å². The summed E-state index contributed by atoms with van der Waals surface area (Å²) < 4.78 is 12.6. The van der Waals surface area contributed by atoms with Crippen molar-refractivity contribution in [2.24, 2.45) is 0 Å². The first-order valence-electron chi connectivity index (χ1n) is 31.0. The third kappa shape index (κ3) is 7.39. The number of rotatable bonds is 8. The zero-order valence-corrected chi connectivity index (χ0v) is 48.9. The van der Waals surface area contributed by atoms with Crippen LogP contribution in [0.3, 0.4) is 0 Å². The molecule has 14 aromatic carbocycles. The van der Waals surface area contributed by atoms with Crippen LogP contribution in [0.1, 0.15) is 0 Å². The number of hydrogen-bond acceptors (Lipinski definition) is 3. The summed E-state index contributed by atoms with van der Waals surface area (Å²) >= 11 is 0. The van der Waals surface area contributed by atoms with Gasteiger partial charge in [-0.2, -0.15) is 0 Å². The maximum Gasteiger partial charge on any atom is 0.252 e. The molecule has 0 aliphatic carbocycles. The molecule has 5 nitrogen and oxygen atoms in total. The van der Waals surface area contributed by atoms with Crippen LogP contribution in [-0.2, 0) is 0 Å². The zero-order chi connectivity index (χ0) is 59.0. The van der Waals surface area contributed by atoms with Gasteiger partial charge in [0.25, 0.3) is 6.71 Å². The summed E-state index contributed by atoms with van der Waals surface area (Å²) in [6.07, 6.45) is 0. The number of para-hydroxylation sites is 7. The first kappa shape index (κ1) is 50.3. The first-order valence-corrected chi connectivity index (χ1v) is 31.0. The van der Waals surface area contributed by atoms with Crippen LogP contribution >= 0.6 is 0 Å². The minimum absolute atomic E-state index is 0.355. The van der Waals surface area contributed by atoms with E-state index in [1.165, 1.54) is 32.5 Å². The lowest BCUT2D eigenvalue weighted by Gasteiger charge is -2.45. The zero-order valence-electron chi connectivity index (χ0n) is 48.9. The van der Waals surface area contributed by atoms with Crippen molar-refractivity contribution in [3.05, 3.63) is 322 Å². The van der Waals surface area contributed by atoms with Gasteiger partial charge in [-0.05, 0) is 111 Å². The lowest BCUT2D eigenvalue weighted by atomic mass is 9.33. The summed E-state index contributed by atoms with van der Waals surface area (Å²) in [4.78, 5) is 5.19. The molecule has 0 fully saturated rings. The lowest BCUT2D eigenvalue weighted by Crippen LogP contribution is -2.61. The Morgan fingerprint density at radius 2 is 0.600 bits per heavy atom. The van der Waals surface area contributed by atoms with E-state index in [0.29, 0.717) is 0 Å². The molecule has 0 radical (unpaired) electrons. The molecule has 0 atom stereocenters. The van der Waals surface area contributed by atoms with Gasteiger partial charge in [-0.3, -0.25) is 0 Å². The second-order valence-electron chi connectivity index (χ2n) is 23.8. The smallest absolute Gasteiger partial charge is 0.252 e. The highest BCUT2D eigenvalue weighted by molar-refractivity contribution is 7.00. The van der Waals surface area contributed by atoms with Crippen LogP contribution in [0.25, 0.3) is 121 Å². The molecule has 6 heteroatoms. The minimum Gasteiger partial charge on any atom is -0.454 e. The average molecular weight is 1150 g/mol. The van der Waals surface area contributed by atoms with Crippen molar-refractivity contribution in [2.45, 2.75) is 0 Å². The molecule has 5 heterocycles. The number of anilines is 6. The van der Waals surface area contributed by atoms with Gasteiger partial charge in [0, 0.05) is 71.6 Å². The summed E-state index contributed by atoms with van der Waals surface area (Å²) in [5.41, 5.74) is 27.4. The summed E-state index contributed by atoms with van der Waals surface area (Å²) in [5, 5.41) is 6.95. The SMILES string of the molecule is c1ccc(-c2ccccc2N2c3cc(-c4ccccc4)c(-n4c5ccccc5c5ccccc54)cc3B3c4cc(-n5c6ccccc6c6ccccc65)c(-c5ccccc5)cc4N(c4ccccc4-c4ccccc4)c4c3c2cc2c4oc3ccccc32)cc1. The normalized spacial score (nSPS) is 12.6. The number of fused-ring (bicyclic) bond motifs is 14.